The molecule has 0 amide bonds. The molecule has 66 heavy (non-hydrogen) atoms. The van der Waals surface area contributed by atoms with Gasteiger partial charge in [-0.3, -0.25) is 0 Å². The summed E-state index contributed by atoms with van der Waals surface area (Å²) in [5, 5.41) is 16.8. The molecule has 0 saturated heterocycles. The number of allylic oxidation sites excluding steroid dienone is 1. The summed E-state index contributed by atoms with van der Waals surface area (Å²) in [6, 6.07) is 69.6. The third-order valence-electron chi connectivity index (χ3n) is 12.7. The first-order valence-corrected chi connectivity index (χ1v) is 22.1. The molecule has 310 valence electrons. The third-order valence-corrected chi connectivity index (χ3v) is 12.7. The molecule has 0 bridgehead atoms. The van der Waals surface area contributed by atoms with Gasteiger partial charge in [0.25, 0.3) is 0 Å². The van der Waals surface area contributed by atoms with Crippen molar-refractivity contribution in [2.45, 2.75) is 6.92 Å². The zero-order valence-corrected chi connectivity index (χ0v) is 36.1. The molecule has 6 heteroatoms. The average Bonchev–Trinajstić information content (AvgIpc) is 4.03. The standard InChI is InChI=1S/C60H40N6/c1-3-21-45-50(4-2)64(43-26-13-7-14-27-43)57-54(45)59-56(58-55(57)46-30-17-19-32-52(46)65(58)44-28-15-8-16-29-44)47-31-18-20-33-53(47)66(59)51-35-34-41(36-42(51)38-61)60-62-48(39-22-9-5-10-23-39)37-49(63-60)40-24-11-6-12-25-40/h3-37H,2H2,1H3/b21-3-. The van der Waals surface area contributed by atoms with E-state index in [1.165, 1.54) is 0 Å². The van der Waals surface area contributed by atoms with E-state index >= 15 is 0 Å². The summed E-state index contributed by atoms with van der Waals surface area (Å²) in [5.74, 6) is 0.544. The van der Waals surface area contributed by atoms with Crippen LogP contribution in [0.25, 0.3) is 118 Å². The van der Waals surface area contributed by atoms with E-state index in [9.17, 15) is 5.26 Å². The largest absolute Gasteiger partial charge is 0.308 e. The molecule has 0 fully saturated rings. The Hall–Kier alpha value is -9.05. The molecule has 12 rings (SSSR count). The molecule has 0 aliphatic carbocycles. The van der Waals surface area contributed by atoms with Crippen molar-refractivity contribution in [3.8, 4) is 57.0 Å². The first-order valence-electron chi connectivity index (χ1n) is 22.1. The maximum Gasteiger partial charge on any atom is 0.160 e. The van der Waals surface area contributed by atoms with Crippen LogP contribution in [0.15, 0.2) is 207 Å². The van der Waals surface area contributed by atoms with E-state index in [0.29, 0.717) is 11.4 Å². The normalized spacial score (nSPS) is 11.7. The van der Waals surface area contributed by atoms with Crippen LogP contribution in [0.5, 0.6) is 0 Å². The minimum Gasteiger partial charge on any atom is -0.308 e. The van der Waals surface area contributed by atoms with E-state index in [1.54, 1.807) is 0 Å². The van der Waals surface area contributed by atoms with E-state index in [4.69, 9.17) is 9.97 Å². The SMILES string of the molecule is C=Cc1c(/C=C\C)c2c(c3c4ccccc4n(-c4ccccc4)c3c3c4ccccc4n(-c4ccc(-c5nc(-c6ccccc6)cc(-c6ccccc6)n5)cc4C#N)c23)n1-c1ccccc1. The van der Waals surface area contributed by atoms with Gasteiger partial charge >= 0.3 is 0 Å². The van der Waals surface area contributed by atoms with Gasteiger partial charge in [-0.15, -0.1) is 0 Å². The lowest BCUT2D eigenvalue weighted by atomic mass is 10.0. The van der Waals surface area contributed by atoms with Crippen molar-refractivity contribution in [2.24, 2.45) is 0 Å². The molecular weight excluding hydrogens is 805 g/mol. The van der Waals surface area contributed by atoms with E-state index in [0.717, 1.165) is 111 Å². The van der Waals surface area contributed by atoms with Crippen molar-refractivity contribution >= 4 is 66.7 Å². The molecule has 6 nitrogen and oxygen atoms in total. The van der Waals surface area contributed by atoms with Crippen LogP contribution >= 0.6 is 0 Å². The lowest BCUT2D eigenvalue weighted by molar-refractivity contribution is 1.11. The van der Waals surface area contributed by atoms with Crippen LogP contribution in [0.4, 0.5) is 0 Å². The third kappa shape index (κ3) is 5.88. The van der Waals surface area contributed by atoms with Gasteiger partial charge in [0.1, 0.15) is 6.07 Å². The molecule has 0 aliphatic rings. The van der Waals surface area contributed by atoms with E-state index < -0.39 is 0 Å². The maximum absolute atomic E-state index is 11.3. The van der Waals surface area contributed by atoms with E-state index in [2.05, 4.69) is 191 Å². The fourth-order valence-electron chi connectivity index (χ4n) is 10.0. The summed E-state index contributed by atoms with van der Waals surface area (Å²) < 4.78 is 7.11. The van der Waals surface area contributed by atoms with Crippen molar-refractivity contribution in [1.82, 2.24) is 23.7 Å². The second kappa shape index (κ2) is 15.6. The molecule has 12 aromatic rings. The molecule has 0 spiro atoms. The van der Waals surface area contributed by atoms with Gasteiger partial charge in [-0.05, 0) is 73.7 Å². The van der Waals surface area contributed by atoms with E-state index in [1.807, 2.05) is 54.6 Å². The first-order chi connectivity index (χ1) is 32.7. The molecule has 8 aromatic carbocycles. The Morgan fingerprint density at radius 3 is 1.53 bits per heavy atom. The zero-order chi connectivity index (χ0) is 44.3. The molecule has 4 aromatic heterocycles. The summed E-state index contributed by atoms with van der Waals surface area (Å²) >= 11 is 0. The summed E-state index contributed by atoms with van der Waals surface area (Å²) in [7, 11) is 0. The lowest BCUT2D eigenvalue weighted by Crippen LogP contribution is -2.01. The molecule has 0 N–H and O–H groups in total. The van der Waals surface area contributed by atoms with Crippen LogP contribution in [0, 0.1) is 11.3 Å². The zero-order valence-electron chi connectivity index (χ0n) is 36.1. The van der Waals surface area contributed by atoms with Crippen molar-refractivity contribution in [3.63, 3.8) is 0 Å². The van der Waals surface area contributed by atoms with Crippen LogP contribution in [0.1, 0.15) is 23.7 Å². The summed E-state index contributed by atoms with van der Waals surface area (Å²) in [6.45, 7) is 6.51. The van der Waals surface area contributed by atoms with E-state index in [-0.39, 0.29) is 0 Å². The number of fused-ring (bicyclic) bond motifs is 10. The molecule has 0 atom stereocenters. The van der Waals surface area contributed by atoms with Crippen LogP contribution in [-0.4, -0.2) is 23.7 Å². The number of hydrogen-bond donors (Lipinski definition) is 0. The highest BCUT2D eigenvalue weighted by molar-refractivity contribution is 6.37. The fourth-order valence-corrected chi connectivity index (χ4v) is 10.0. The number of aromatic nitrogens is 5. The highest BCUT2D eigenvalue weighted by Crippen LogP contribution is 2.50. The molecule has 0 radical (unpaired) electrons. The Morgan fingerprint density at radius 2 is 0.985 bits per heavy atom. The number of benzene rings is 8. The minimum absolute atomic E-state index is 0.501. The van der Waals surface area contributed by atoms with Crippen molar-refractivity contribution < 1.29 is 0 Å². The van der Waals surface area contributed by atoms with Gasteiger partial charge in [0.2, 0.25) is 0 Å². The van der Waals surface area contributed by atoms with Crippen molar-refractivity contribution in [1.29, 1.82) is 5.26 Å². The van der Waals surface area contributed by atoms with Gasteiger partial charge in [-0.2, -0.15) is 5.26 Å². The highest BCUT2D eigenvalue weighted by atomic mass is 15.1. The molecule has 0 aliphatic heterocycles. The number of rotatable bonds is 8. The van der Waals surface area contributed by atoms with Crippen molar-refractivity contribution in [3.05, 3.63) is 224 Å². The smallest absolute Gasteiger partial charge is 0.160 e. The van der Waals surface area contributed by atoms with Crippen LogP contribution in [-0.2, 0) is 0 Å². The fraction of sp³-hybridized carbons (Fsp3) is 0.0167. The predicted octanol–water partition coefficient (Wildman–Crippen LogP) is 15.2. The monoisotopic (exact) mass is 844 g/mol. The van der Waals surface area contributed by atoms with Crippen LogP contribution in [0.2, 0.25) is 0 Å². The minimum atomic E-state index is 0.501. The lowest BCUT2D eigenvalue weighted by Gasteiger charge is -2.15. The van der Waals surface area contributed by atoms with Gasteiger partial charge in [-0.1, -0.05) is 152 Å². The van der Waals surface area contributed by atoms with Gasteiger partial charge in [0.15, 0.2) is 5.82 Å². The number of hydrogen-bond acceptors (Lipinski definition) is 3. The molecule has 4 heterocycles. The van der Waals surface area contributed by atoms with Crippen LogP contribution < -0.4 is 0 Å². The molecule has 0 saturated carbocycles. The van der Waals surface area contributed by atoms with Gasteiger partial charge in [0, 0.05) is 60.6 Å². The predicted molar refractivity (Wildman–Crippen MR) is 273 cm³/mol. The Kier molecular flexibility index (Phi) is 9.15. The molecular formula is C60H40N6. The van der Waals surface area contributed by atoms with Gasteiger partial charge < -0.3 is 13.7 Å². The average molecular weight is 845 g/mol. The second-order valence-electron chi connectivity index (χ2n) is 16.4. The molecule has 0 unspecified atom stereocenters. The topological polar surface area (TPSA) is 64.4 Å². The Balaban J connectivity index is 1.25. The van der Waals surface area contributed by atoms with Crippen LogP contribution in [0.3, 0.4) is 0 Å². The quantitative estimate of drug-likeness (QED) is 0.153. The Labute approximate surface area is 381 Å². The van der Waals surface area contributed by atoms with Gasteiger partial charge in [0.05, 0.1) is 55.9 Å². The Morgan fingerprint density at radius 1 is 0.500 bits per heavy atom. The first kappa shape index (κ1) is 38.6. The number of nitriles is 1. The summed E-state index contributed by atoms with van der Waals surface area (Å²) in [6.07, 6.45) is 6.29. The second-order valence-corrected chi connectivity index (χ2v) is 16.4. The maximum atomic E-state index is 11.3. The van der Waals surface area contributed by atoms with Gasteiger partial charge in [-0.25, -0.2) is 9.97 Å². The highest BCUT2D eigenvalue weighted by Gasteiger charge is 2.30. The van der Waals surface area contributed by atoms with Crippen molar-refractivity contribution in [2.75, 3.05) is 0 Å². The Bertz CT molecular complexity index is 3880. The number of nitrogens with zero attached hydrogens (tertiary/aromatic N) is 6. The summed E-state index contributed by atoms with van der Waals surface area (Å²) in [4.78, 5) is 10.3. The summed E-state index contributed by atoms with van der Waals surface area (Å²) in [5.41, 5.74) is 15.0. The number of para-hydroxylation sites is 4.